The van der Waals surface area contributed by atoms with E-state index >= 15 is 4.39 Å². The molecule has 3 atom stereocenters. The molecule has 4 fully saturated rings. The van der Waals surface area contributed by atoms with Gasteiger partial charge in [0.25, 0.3) is 0 Å². The van der Waals surface area contributed by atoms with Crippen LogP contribution >= 0.6 is 0 Å². The number of aromatic nitrogens is 5. The maximum Gasteiger partial charge on any atom is 0.318 e. The zero-order valence-corrected chi connectivity index (χ0v) is 30.1. The van der Waals surface area contributed by atoms with Gasteiger partial charge in [-0.3, -0.25) is 14.7 Å². The monoisotopic (exact) mass is 696 g/mol. The molecular weight excluding hydrogens is 650 g/mol. The number of fused-ring (bicyclic) bond motifs is 2. The van der Waals surface area contributed by atoms with Crippen molar-refractivity contribution in [3.63, 3.8) is 0 Å². The van der Waals surface area contributed by atoms with Crippen LogP contribution in [0, 0.1) is 19.7 Å². The van der Waals surface area contributed by atoms with Gasteiger partial charge in [-0.15, -0.1) is 0 Å². The van der Waals surface area contributed by atoms with Gasteiger partial charge in [-0.25, -0.2) is 18.7 Å². The van der Waals surface area contributed by atoms with Crippen LogP contribution in [-0.2, 0) is 4.79 Å². The lowest BCUT2D eigenvalue weighted by Crippen LogP contribution is -2.36. The number of aryl methyl sites for hydroxylation is 2. The molecule has 3 unspecified atom stereocenters. The summed E-state index contributed by atoms with van der Waals surface area (Å²) in [6, 6.07) is 7.76. The minimum absolute atomic E-state index is 0.0302. The standard InChI is InChI=1S/C31H32FN7O2.C8H14FN/c1-18-6-5-7-23(26(18)20-8-9-20)28-27(32)29-24(16-34-28)30(37-31(36-29)41-4)38(3)22-13-15-39(17-22)25(40)11-10-21-12-14-33-19(2)35-21;1-8-3-2-4-10(8)6-7(9)5-8/h5-7,10-12,14,16,20,22H,8-9,13,15,17H2,1-4H3;7H,2-6H2,1H3/b11-10+;. The normalized spacial score (nSPS) is 23.1. The largest absolute Gasteiger partial charge is 0.467 e. The summed E-state index contributed by atoms with van der Waals surface area (Å²) in [6.07, 6.45) is 12.2. The number of carbonyl (C=O) groups is 1. The number of amides is 1. The third-order valence-corrected chi connectivity index (χ3v) is 10.9. The number of likely N-dealkylation sites (N-methyl/N-ethyl adjacent to an activating group) is 1. The van der Waals surface area contributed by atoms with Crippen molar-refractivity contribution in [1.82, 2.24) is 34.7 Å². The highest BCUT2D eigenvalue weighted by Crippen LogP contribution is 2.46. The van der Waals surface area contributed by atoms with Gasteiger partial charge < -0.3 is 14.5 Å². The van der Waals surface area contributed by atoms with Gasteiger partial charge in [0.05, 0.1) is 18.2 Å². The van der Waals surface area contributed by atoms with Crippen LogP contribution in [0.4, 0.5) is 14.6 Å². The fraction of sp³-hybridized carbons (Fsp3) is 0.487. The van der Waals surface area contributed by atoms with Crippen molar-refractivity contribution in [3.8, 4) is 17.3 Å². The summed E-state index contributed by atoms with van der Waals surface area (Å²) in [6.45, 7) is 8.97. The molecule has 1 amide bonds. The third kappa shape index (κ3) is 7.15. The smallest absolute Gasteiger partial charge is 0.318 e. The van der Waals surface area contributed by atoms with E-state index in [1.807, 2.05) is 31.0 Å². The lowest BCUT2D eigenvalue weighted by atomic mass is 9.95. The highest BCUT2D eigenvalue weighted by Gasteiger charge is 2.44. The first kappa shape index (κ1) is 34.9. The van der Waals surface area contributed by atoms with Crippen molar-refractivity contribution in [3.05, 3.63) is 71.2 Å². The van der Waals surface area contributed by atoms with E-state index < -0.39 is 12.0 Å². The zero-order chi connectivity index (χ0) is 35.9. The van der Waals surface area contributed by atoms with Crippen molar-refractivity contribution in [2.45, 2.75) is 83.0 Å². The van der Waals surface area contributed by atoms with Crippen molar-refractivity contribution in [2.75, 3.05) is 45.2 Å². The Kier molecular flexibility index (Phi) is 9.71. The molecule has 10 nitrogen and oxygen atoms in total. The first-order valence-electron chi connectivity index (χ1n) is 17.9. The predicted molar refractivity (Wildman–Crippen MR) is 194 cm³/mol. The topological polar surface area (TPSA) is 100 Å². The van der Waals surface area contributed by atoms with E-state index in [0.29, 0.717) is 54.0 Å². The Morgan fingerprint density at radius 3 is 2.65 bits per heavy atom. The second-order valence-corrected chi connectivity index (χ2v) is 14.6. The average molecular weight is 697 g/mol. The van der Waals surface area contributed by atoms with Crippen molar-refractivity contribution >= 4 is 28.7 Å². The van der Waals surface area contributed by atoms with Crippen LogP contribution in [0.25, 0.3) is 28.2 Å². The Morgan fingerprint density at radius 2 is 1.90 bits per heavy atom. The van der Waals surface area contributed by atoms with Crippen molar-refractivity contribution in [1.29, 1.82) is 0 Å². The molecule has 3 saturated heterocycles. The number of methoxy groups -OCH3 is 1. The Hall–Kier alpha value is -4.58. The van der Waals surface area contributed by atoms with Crippen molar-refractivity contribution in [2.24, 2.45) is 0 Å². The number of pyridine rings is 1. The summed E-state index contributed by atoms with van der Waals surface area (Å²) in [4.78, 5) is 41.0. The first-order valence-corrected chi connectivity index (χ1v) is 17.9. The molecular formula is C39H46F2N8O2. The van der Waals surface area contributed by atoms with Gasteiger partial charge >= 0.3 is 6.01 Å². The quantitative estimate of drug-likeness (QED) is 0.202. The van der Waals surface area contributed by atoms with E-state index in [1.54, 1.807) is 29.4 Å². The summed E-state index contributed by atoms with van der Waals surface area (Å²) in [5.41, 5.74) is 4.50. The van der Waals surface area contributed by atoms with Gasteiger partial charge in [0, 0.05) is 62.3 Å². The highest BCUT2D eigenvalue weighted by molar-refractivity contribution is 5.93. The molecule has 0 radical (unpaired) electrons. The third-order valence-electron chi connectivity index (χ3n) is 10.9. The second-order valence-electron chi connectivity index (χ2n) is 14.6. The highest BCUT2D eigenvalue weighted by atomic mass is 19.1. The number of ether oxygens (including phenoxy) is 1. The molecule has 8 rings (SSSR count). The molecule has 12 heteroatoms. The molecule has 1 saturated carbocycles. The molecule has 0 N–H and O–H groups in total. The fourth-order valence-corrected chi connectivity index (χ4v) is 8.03. The predicted octanol–water partition coefficient (Wildman–Crippen LogP) is 6.46. The summed E-state index contributed by atoms with van der Waals surface area (Å²) in [5, 5.41) is 0.499. The van der Waals surface area contributed by atoms with Crippen LogP contribution in [0.15, 0.2) is 42.7 Å². The molecule has 0 bridgehead atoms. The minimum atomic E-state index is -0.551. The first-order chi connectivity index (χ1) is 24.5. The number of alkyl halides is 1. The summed E-state index contributed by atoms with van der Waals surface area (Å²) >= 11 is 0. The Labute approximate surface area is 298 Å². The molecule has 4 aromatic rings. The van der Waals surface area contributed by atoms with Gasteiger partial charge in [0.2, 0.25) is 5.91 Å². The molecule has 51 heavy (non-hydrogen) atoms. The number of benzene rings is 1. The minimum Gasteiger partial charge on any atom is -0.467 e. The molecule has 1 aliphatic carbocycles. The number of halogens is 2. The van der Waals surface area contributed by atoms with Gasteiger partial charge in [-0.05, 0) is 95.0 Å². The average Bonchev–Trinajstić information content (AvgIpc) is 3.59. The van der Waals surface area contributed by atoms with Gasteiger partial charge in [-0.2, -0.15) is 9.97 Å². The van der Waals surface area contributed by atoms with E-state index in [0.717, 1.165) is 48.9 Å². The van der Waals surface area contributed by atoms with Gasteiger partial charge in [0.1, 0.15) is 29.0 Å². The molecule has 3 aliphatic heterocycles. The number of likely N-dealkylation sites (tertiary alicyclic amines) is 1. The van der Waals surface area contributed by atoms with Crippen LogP contribution in [0.1, 0.15) is 74.0 Å². The summed E-state index contributed by atoms with van der Waals surface area (Å²) in [5.74, 6) is 1.03. The summed E-state index contributed by atoms with van der Waals surface area (Å²) in [7, 11) is 3.37. The number of hydrogen-bond donors (Lipinski definition) is 0. The number of rotatable bonds is 7. The van der Waals surface area contributed by atoms with Crippen LogP contribution in [0.2, 0.25) is 0 Å². The van der Waals surface area contributed by atoms with Crippen LogP contribution in [0.3, 0.4) is 0 Å². The Balaban J connectivity index is 0.000000347. The van der Waals surface area contributed by atoms with Crippen LogP contribution in [-0.4, -0.2) is 98.7 Å². The van der Waals surface area contributed by atoms with Gasteiger partial charge in [-0.1, -0.05) is 18.2 Å². The molecule has 1 aromatic carbocycles. The number of nitrogens with zero attached hydrogens (tertiary/aromatic N) is 8. The van der Waals surface area contributed by atoms with E-state index in [-0.39, 0.29) is 29.0 Å². The molecule has 3 aromatic heterocycles. The van der Waals surface area contributed by atoms with E-state index in [4.69, 9.17) is 4.74 Å². The second kappa shape index (κ2) is 14.2. The maximum atomic E-state index is 16.2. The van der Waals surface area contributed by atoms with E-state index in [2.05, 4.69) is 49.7 Å². The fourth-order valence-electron chi connectivity index (χ4n) is 8.03. The lowest BCUT2D eigenvalue weighted by Gasteiger charge is -2.27. The number of hydrogen-bond acceptors (Lipinski definition) is 9. The van der Waals surface area contributed by atoms with E-state index in [1.165, 1.54) is 26.0 Å². The molecule has 6 heterocycles. The summed E-state index contributed by atoms with van der Waals surface area (Å²) < 4.78 is 34.4. The van der Waals surface area contributed by atoms with Crippen LogP contribution in [0.5, 0.6) is 6.01 Å². The number of carbonyl (C=O) groups excluding carboxylic acids is 1. The SMILES string of the molecule is CC12CCCN1CC(F)C2.COc1nc(N(C)C2CCN(C(=O)/C=C/c3ccnc(C)n3)C2)c2cnc(-c3cccc(C)c3C3CC3)c(F)c2n1. The van der Waals surface area contributed by atoms with Crippen molar-refractivity contribution < 1.29 is 18.3 Å². The number of anilines is 1. The van der Waals surface area contributed by atoms with E-state index in [9.17, 15) is 9.18 Å². The zero-order valence-electron chi connectivity index (χ0n) is 30.1. The molecule has 0 spiro atoms. The maximum absolute atomic E-state index is 16.2. The Morgan fingerprint density at radius 1 is 1.08 bits per heavy atom. The lowest BCUT2D eigenvalue weighted by molar-refractivity contribution is -0.124. The Bertz CT molecular complexity index is 1970. The van der Waals surface area contributed by atoms with Crippen LogP contribution < -0.4 is 9.64 Å². The van der Waals surface area contributed by atoms with Gasteiger partial charge in [0.15, 0.2) is 5.82 Å². The molecule has 4 aliphatic rings. The molecule has 268 valence electrons.